The maximum Gasteiger partial charge on any atom is 0.416 e. The number of nitrogens with zero attached hydrogens (tertiary/aromatic N) is 1. The van der Waals surface area contributed by atoms with E-state index in [0.29, 0.717) is 25.7 Å². The third-order valence-electron chi connectivity index (χ3n) is 4.59. The molecule has 0 radical (unpaired) electrons. The second kappa shape index (κ2) is 9.07. The zero-order valence-corrected chi connectivity index (χ0v) is 16.5. The molecular weight excluding hydrogens is 377 g/mol. The summed E-state index contributed by atoms with van der Waals surface area (Å²) in [7, 11) is 0. The van der Waals surface area contributed by atoms with Gasteiger partial charge < -0.3 is 9.84 Å². The molecule has 1 saturated heterocycles. The highest BCUT2D eigenvalue weighted by atomic mass is 35.5. The van der Waals surface area contributed by atoms with E-state index < -0.39 is 28.4 Å². The van der Waals surface area contributed by atoms with Crippen molar-refractivity contribution < 1.29 is 19.4 Å². The van der Waals surface area contributed by atoms with Gasteiger partial charge in [0.15, 0.2) is 0 Å². The van der Waals surface area contributed by atoms with Crippen LogP contribution in [0.5, 0.6) is 0 Å². The molecule has 0 aliphatic carbocycles. The lowest BCUT2D eigenvalue weighted by atomic mass is 9.96. The van der Waals surface area contributed by atoms with Crippen LogP contribution in [0.4, 0.5) is 4.79 Å². The lowest BCUT2D eigenvalue weighted by Crippen LogP contribution is -2.45. The Morgan fingerprint density at radius 3 is 2.65 bits per heavy atom. The number of amides is 2. The van der Waals surface area contributed by atoms with Crippen molar-refractivity contribution >= 4 is 35.2 Å². The number of alkyl halides is 2. The Kier molecular flexibility index (Phi) is 7.33. The Hall–Kier alpha value is -1.30. The lowest BCUT2D eigenvalue weighted by Gasteiger charge is -2.26. The molecule has 2 amide bonds. The lowest BCUT2D eigenvalue weighted by molar-refractivity contribution is -0.136. The molecule has 0 unspecified atom stereocenters. The summed E-state index contributed by atoms with van der Waals surface area (Å²) in [5.74, 6) is -1.13. The van der Waals surface area contributed by atoms with Crippen LogP contribution in [0.3, 0.4) is 0 Å². The predicted octanol–water partition coefficient (Wildman–Crippen LogP) is 3.94. The van der Waals surface area contributed by atoms with Gasteiger partial charge in [-0.3, -0.25) is 4.79 Å². The summed E-state index contributed by atoms with van der Waals surface area (Å²) in [5, 5.41) is 10.3. The highest BCUT2D eigenvalue weighted by Gasteiger charge is 2.41. The molecule has 3 atom stereocenters. The number of rotatable bonds is 8. The molecule has 0 saturated carbocycles. The first-order chi connectivity index (χ1) is 12.2. The Morgan fingerprint density at radius 2 is 2.04 bits per heavy atom. The average Bonchev–Trinajstić information content (AvgIpc) is 2.93. The van der Waals surface area contributed by atoms with Crippen LogP contribution in [0.15, 0.2) is 30.3 Å². The number of hydrogen-bond acceptors (Lipinski definition) is 4. The molecule has 1 fully saturated rings. The number of carbonyl (C=O) groups excluding carboxylic acids is 2. The molecule has 5 nitrogen and oxygen atoms in total. The van der Waals surface area contributed by atoms with Crippen molar-refractivity contribution in [3.8, 4) is 0 Å². The van der Waals surface area contributed by atoms with E-state index in [1.165, 1.54) is 0 Å². The van der Waals surface area contributed by atoms with Crippen LogP contribution >= 0.6 is 23.2 Å². The monoisotopic (exact) mass is 401 g/mol. The van der Waals surface area contributed by atoms with E-state index in [0.717, 1.165) is 10.5 Å². The number of halogens is 2. The van der Waals surface area contributed by atoms with Crippen LogP contribution in [0.1, 0.15) is 38.7 Å². The van der Waals surface area contributed by atoms with Crippen molar-refractivity contribution in [3.63, 3.8) is 0 Å². The van der Waals surface area contributed by atoms with Gasteiger partial charge in [0.2, 0.25) is 5.91 Å². The number of ether oxygens (including phenoxy) is 1. The maximum atomic E-state index is 12.8. The van der Waals surface area contributed by atoms with Crippen LogP contribution in [0.25, 0.3) is 0 Å². The van der Waals surface area contributed by atoms with Gasteiger partial charge in [-0.2, -0.15) is 0 Å². The van der Waals surface area contributed by atoms with Crippen LogP contribution in [0.2, 0.25) is 0 Å². The van der Waals surface area contributed by atoms with Gasteiger partial charge in [0.05, 0.1) is 18.1 Å². The molecule has 0 bridgehead atoms. The highest BCUT2D eigenvalue weighted by Crippen LogP contribution is 2.28. The molecule has 1 N–H and O–H groups in total. The van der Waals surface area contributed by atoms with Gasteiger partial charge in [0.1, 0.15) is 10.9 Å². The van der Waals surface area contributed by atoms with Crippen LogP contribution in [-0.4, -0.2) is 45.1 Å². The number of cyclic esters (lactones) is 1. The second-order valence-electron chi connectivity index (χ2n) is 6.95. The largest absolute Gasteiger partial charge is 0.447 e. The summed E-state index contributed by atoms with van der Waals surface area (Å²) >= 11 is 11.9. The Balaban J connectivity index is 1.97. The Labute approximate surface area is 164 Å². The second-order valence-corrected chi connectivity index (χ2v) is 8.81. The smallest absolute Gasteiger partial charge is 0.416 e. The first kappa shape index (κ1) is 21.0. The predicted molar refractivity (Wildman–Crippen MR) is 101 cm³/mol. The van der Waals surface area contributed by atoms with E-state index in [9.17, 15) is 14.7 Å². The minimum Gasteiger partial charge on any atom is -0.447 e. The summed E-state index contributed by atoms with van der Waals surface area (Å²) in [6.07, 6.45) is 0.482. The van der Waals surface area contributed by atoms with Gasteiger partial charge in [-0.05, 0) is 38.2 Å². The zero-order valence-electron chi connectivity index (χ0n) is 15.0. The summed E-state index contributed by atoms with van der Waals surface area (Å²) in [5.41, 5.74) is 1.02. The van der Waals surface area contributed by atoms with E-state index in [1.807, 2.05) is 30.3 Å². The molecule has 26 heavy (non-hydrogen) atoms. The van der Waals surface area contributed by atoms with Crippen LogP contribution in [-0.2, 0) is 16.0 Å². The molecule has 1 aliphatic heterocycles. The SMILES string of the molecule is C[C@H](C(=O)N1C(=O)OC[C@@H]1Cc1ccccc1)[C@H](O)CCCC(C)(Cl)Cl. The third kappa shape index (κ3) is 5.86. The quantitative estimate of drug-likeness (QED) is 0.669. The van der Waals surface area contributed by atoms with E-state index in [-0.39, 0.29) is 12.6 Å². The standard InChI is InChI=1S/C19H25Cl2NO4/c1-13(16(23)9-6-10-19(2,20)21)17(24)22-15(12-26-18(22)25)11-14-7-4-3-5-8-14/h3-5,7-8,13,15-16,23H,6,9-12H2,1-2H3/t13-,15-,16+/m0/s1. The summed E-state index contributed by atoms with van der Waals surface area (Å²) in [6.45, 7) is 3.48. The van der Waals surface area contributed by atoms with Crippen LogP contribution in [0, 0.1) is 5.92 Å². The topological polar surface area (TPSA) is 66.8 Å². The summed E-state index contributed by atoms with van der Waals surface area (Å²) in [6, 6.07) is 9.26. The Morgan fingerprint density at radius 1 is 1.38 bits per heavy atom. The average molecular weight is 402 g/mol. The molecule has 1 aromatic carbocycles. The minimum absolute atomic E-state index is 0.166. The van der Waals surface area contributed by atoms with Crippen molar-refractivity contribution in [2.75, 3.05) is 6.61 Å². The van der Waals surface area contributed by atoms with E-state index in [4.69, 9.17) is 27.9 Å². The fraction of sp³-hybridized carbons (Fsp3) is 0.579. The molecular formula is C19H25Cl2NO4. The first-order valence-corrected chi connectivity index (χ1v) is 9.54. The fourth-order valence-electron chi connectivity index (χ4n) is 3.02. The van der Waals surface area contributed by atoms with Gasteiger partial charge in [0.25, 0.3) is 0 Å². The Bertz CT molecular complexity index is 618. The van der Waals surface area contributed by atoms with Crippen molar-refractivity contribution in [1.29, 1.82) is 0 Å². The molecule has 2 rings (SSSR count). The normalized spacial score (nSPS) is 20.0. The van der Waals surface area contributed by atoms with Crippen LogP contribution < -0.4 is 0 Å². The summed E-state index contributed by atoms with van der Waals surface area (Å²) in [4.78, 5) is 26.0. The number of benzene rings is 1. The van der Waals surface area contributed by atoms with Gasteiger partial charge in [-0.1, -0.05) is 37.3 Å². The number of aliphatic hydroxyl groups excluding tert-OH is 1. The molecule has 0 aromatic heterocycles. The van der Waals surface area contributed by atoms with Gasteiger partial charge in [-0.15, -0.1) is 23.2 Å². The van der Waals surface area contributed by atoms with Gasteiger partial charge in [0, 0.05) is 0 Å². The molecule has 1 aliphatic rings. The molecule has 1 aromatic rings. The first-order valence-electron chi connectivity index (χ1n) is 8.78. The molecule has 0 spiro atoms. The number of aliphatic hydroxyl groups is 1. The maximum absolute atomic E-state index is 12.8. The number of hydrogen-bond donors (Lipinski definition) is 1. The van der Waals surface area contributed by atoms with E-state index in [1.54, 1.807) is 13.8 Å². The number of imide groups is 1. The number of carbonyl (C=O) groups is 2. The summed E-state index contributed by atoms with van der Waals surface area (Å²) < 4.78 is 4.22. The zero-order chi connectivity index (χ0) is 19.3. The third-order valence-corrected chi connectivity index (χ3v) is 4.97. The molecule has 7 heteroatoms. The molecule has 144 valence electrons. The van der Waals surface area contributed by atoms with Crippen molar-refractivity contribution in [2.45, 2.75) is 56.0 Å². The molecule has 1 heterocycles. The van der Waals surface area contributed by atoms with Gasteiger partial charge in [-0.25, -0.2) is 9.69 Å². The van der Waals surface area contributed by atoms with Crippen molar-refractivity contribution in [3.05, 3.63) is 35.9 Å². The van der Waals surface area contributed by atoms with E-state index in [2.05, 4.69) is 0 Å². The van der Waals surface area contributed by atoms with Gasteiger partial charge >= 0.3 is 6.09 Å². The fourth-order valence-corrected chi connectivity index (χ4v) is 3.29. The highest BCUT2D eigenvalue weighted by molar-refractivity contribution is 6.48. The van der Waals surface area contributed by atoms with E-state index >= 15 is 0 Å². The van der Waals surface area contributed by atoms with Crippen molar-refractivity contribution in [2.24, 2.45) is 5.92 Å². The minimum atomic E-state index is -0.871. The van der Waals surface area contributed by atoms with Crippen molar-refractivity contribution in [1.82, 2.24) is 4.90 Å².